The Hall–Kier alpha value is -2.39. The first-order chi connectivity index (χ1) is 13.3. The average molecular weight is 414 g/mol. The summed E-state index contributed by atoms with van der Waals surface area (Å²) in [5.74, 6) is -0.867. The van der Waals surface area contributed by atoms with Crippen molar-refractivity contribution in [3.8, 4) is 0 Å². The molecule has 1 aliphatic rings. The molecule has 1 saturated heterocycles. The lowest BCUT2D eigenvalue weighted by Crippen LogP contribution is -2.36. The summed E-state index contributed by atoms with van der Waals surface area (Å²) in [6.45, 7) is 1.99. The molecule has 0 radical (unpaired) electrons. The Morgan fingerprint density at radius 3 is 2.71 bits per heavy atom. The van der Waals surface area contributed by atoms with Crippen LogP contribution in [0.1, 0.15) is 28.9 Å². The molecule has 6 nitrogen and oxygen atoms in total. The van der Waals surface area contributed by atoms with Gasteiger partial charge in [0.15, 0.2) is 5.69 Å². The number of anilines is 2. The van der Waals surface area contributed by atoms with Crippen molar-refractivity contribution in [2.75, 3.05) is 25.0 Å². The first kappa shape index (κ1) is 20.3. The van der Waals surface area contributed by atoms with Crippen molar-refractivity contribution in [3.63, 3.8) is 0 Å². The number of hydrogen-bond acceptors (Lipinski definition) is 5. The maximum Gasteiger partial charge on any atom is 0.434 e. The number of piperidine rings is 1. The number of hydrogen-bond donors (Lipinski definition) is 3. The van der Waals surface area contributed by atoms with Crippen molar-refractivity contribution in [1.29, 1.82) is 0 Å². The largest absolute Gasteiger partial charge is 0.434 e. The Morgan fingerprint density at radius 1 is 1.29 bits per heavy atom. The monoisotopic (exact) mass is 413 g/mol. The second-order valence-corrected chi connectivity index (χ2v) is 6.93. The highest BCUT2D eigenvalue weighted by Gasteiger charge is 2.38. The molecule has 150 valence electrons. The van der Waals surface area contributed by atoms with E-state index >= 15 is 0 Å². The van der Waals surface area contributed by atoms with Crippen LogP contribution in [0.25, 0.3) is 0 Å². The molecule has 3 rings (SSSR count). The third-order valence-electron chi connectivity index (χ3n) is 4.39. The van der Waals surface area contributed by atoms with Crippen LogP contribution in [0.5, 0.6) is 0 Å². The maximum absolute atomic E-state index is 13.5. The number of alkyl halides is 3. The average Bonchev–Trinajstić information content (AvgIpc) is 2.66. The molecule has 3 N–H and O–H groups in total. The third kappa shape index (κ3) is 5.32. The molecule has 1 amide bonds. The second kappa shape index (κ2) is 8.74. The molecular weight excluding hydrogens is 395 g/mol. The summed E-state index contributed by atoms with van der Waals surface area (Å²) in [7, 11) is 0. The van der Waals surface area contributed by atoms with Gasteiger partial charge in [0.05, 0.1) is 5.56 Å². The lowest BCUT2D eigenvalue weighted by Gasteiger charge is -2.23. The van der Waals surface area contributed by atoms with Crippen LogP contribution < -0.4 is 16.0 Å². The highest BCUT2D eigenvalue weighted by atomic mass is 35.5. The van der Waals surface area contributed by atoms with Crippen molar-refractivity contribution < 1.29 is 18.0 Å². The zero-order chi connectivity index (χ0) is 20.1. The van der Waals surface area contributed by atoms with E-state index in [0.717, 1.165) is 32.1 Å². The van der Waals surface area contributed by atoms with Gasteiger partial charge in [0.2, 0.25) is 5.95 Å². The van der Waals surface area contributed by atoms with Crippen molar-refractivity contribution in [1.82, 2.24) is 20.6 Å². The van der Waals surface area contributed by atoms with Gasteiger partial charge in [-0.1, -0.05) is 17.7 Å². The van der Waals surface area contributed by atoms with Gasteiger partial charge in [-0.3, -0.25) is 4.79 Å². The molecule has 1 fully saturated rings. The lowest BCUT2D eigenvalue weighted by molar-refractivity contribution is -0.141. The fraction of sp³-hybridized carbons (Fsp3) is 0.389. The number of rotatable bonds is 5. The summed E-state index contributed by atoms with van der Waals surface area (Å²) in [6.07, 6.45) is -2.17. The number of carbonyl (C=O) groups is 1. The van der Waals surface area contributed by atoms with Gasteiger partial charge in [-0.15, -0.1) is 0 Å². The predicted molar refractivity (Wildman–Crippen MR) is 99.7 cm³/mol. The molecule has 1 aliphatic heterocycles. The Morgan fingerprint density at radius 2 is 2.04 bits per heavy atom. The minimum absolute atomic E-state index is 0.240. The molecular formula is C18H19ClF3N5O. The quantitative estimate of drug-likeness (QED) is 0.697. The molecule has 2 aromatic rings. The van der Waals surface area contributed by atoms with Crippen LogP contribution in [0.2, 0.25) is 5.02 Å². The molecule has 1 aromatic carbocycles. The van der Waals surface area contributed by atoms with Crippen LogP contribution in [-0.4, -0.2) is 35.5 Å². The van der Waals surface area contributed by atoms with E-state index in [2.05, 4.69) is 25.9 Å². The first-order valence-corrected chi connectivity index (χ1v) is 9.16. The van der Waals surface area contributed by atoms with E-state index in [1.807, 2.05) is 0 Å². The van der Waals surface area contributed by atoms with Gasteiger partial charge in [0.1, 0.15) is 0 Å². The Labute approximate surface area is 164 Å². The standard InChI is InChI=1S/C18H19ClF3N5O/c19-12-2-1-3-13(8-12)26-17-25-10-14(15(27-17)18(20,21)22)16(28)24-9-11-4-6-23-7-5-11/h1-3,8,10-11,23H,4-7,9H2,(H,24,28)(H,25,26,27). The van der Waals surface area contributed by atoms with Gasteiger partial charge in [-0.25, -0.2) is 9.97 Å². The Balaban J connectivity index is 1.77. The van der Waals surface area contributed by atoms with Crippen molar-refractivity contribution in [2.45, 2.75) is 19.0 Å². The number of carbonyl (C=O) groups excluding carboxylic acids is 1. The molecule has 0 aliphatic carbocycles. The van der Waals surface area contributed by atoms with E-state index in [1.165, 1.54) is 6.07 Å². The fourth-order valence-corrected chi connectivity index (χ4v) is 3.13. The third-order valence-corrected chi connectivity index (χ3v) is 4.63. The molecule has 0 unspecified atom stereocenters. The molecule has 0 bridgehead atoms. The summed E-state index contributed by atoms with van der Waals surface area (Å²) in [5.41, 5.74) is -1.45. The molecule has 2 heterocycles. The first-order valence-electron chi connectivity index (χ1n) is 8.78. The second-order valence-electron chi connectivity index (χ2n) is 6.49. The van der Waals surface area contributed by atoms with Crippen LogP contribution >= 0.6 is 11.6 Å². The zero-order valence-electron chi connectivity index (χ0n) is 14.8. The Kier molecular flexibility index (Phi) is 6.35. The van der Waals surface area contributed by atoms with E-state index in [1.54, 1.807) is 18.2 Å². The van der Waals surface area contributed by atoms with Crippen LogP contribution in [0.15, 0.2) is 30.5 Å². The van der Waals surface area contributed by atoms with Crippen LogP contribution in [0.4, 0.5) is 24.8 Å². The van der Waals surface area contributed by atoms with Gasteiger partial charge < -0.3 is 16.0 Å². The normalized spacial score (nSPS) is 15.3. The van der Waals surface area contributed by atoms with Crippen molar-refractivity contribution >= 4 is 29.1 Å². The molecule has 0 spiro atoms. The Bertz CT molecular complexity index is 840. The molecule has 28 heavy (non-hydrogen) atoms. The summed E-state index contributed by atoms with van der Waals surface area (Å²) < 4.78 is 40.4. The topological polar surface area (TPSA) is 78.9 Å². The molecule has 1 aromatic heterocycles. The molecule has 0 atom stereocenters. The summed E-state index contributed by atoms with van der Waals surface area (Å²) in [6, 6.07) is 6.41. The number of amides is 1. The van der Waals surface area contributed by atoms with Gasteiger partial charge >= 0.3 is 6.18 Å². The van der Waals surface area contributed by atoms with Crippen molar-refractivity contribution in [3.05, 3.63) is 46.7 Å². The summed E-state index contributed by atoms with van der Waals surface area (Å²) >= 11 is 5.86. The molecule has 0 saturated carbocycles. The van der Waals surface area contributed by atoms with E-state index in [-0.39, 0.29) is 11.9 Å². The van der Waals surface area contributed by atoms with E-state index in [9.17, 15) is 18.0 Å². The molecule has 10 heteroatoms. The highest BCUT2D eigenvalue weighted by Crippen LogP contribution is 2.31. The van der Waals surface area contributed by atoms with Gasteiger partial charge in [-0.2, -0.15) is 13.2 Å². The van der Waals surface area contributed by atoms with Crippen LogP contribution in [0, 0.1) is 5.92 Å². The number of aromatic nitrogens is 2. The minimum Gasteiger partial charge on any atom is -0.352 e. The van der Waals surface area contributed by atoms with Crippen LogP contribution in [0.3, 0.4) is 0 Å². The summed E-state index contributed by atoms with van der Waals surface area (Å²) in [5, 5.41) is 8.84. The van der Waals surface area contributed by atoms with Gasteiger partial charge in [-0.05, 0) is 50.0 Å². The lowest BCUT2D eigenvalue weighted by atomic mass is 9.98. The van der Waals surface area contributed by atoms with Gasteiger partial charge in [0.25, 0.3) is 5.91 Å². The minimum atomic E-state index is -4.80. The fourth-order valence-electron chi connectivity index (χ4n) is 2.94. The predicted octanol–water partition coefficient (Wildman–Crippen LogP) is 3.62. The highest BCUT2D eigenvalue weighted by molar-refractivity contribution is 6.30. The smallest absolute Gasteiger partial charge is 0.352 e. The van der Waals surface area contributed by atoms with E-state index < -0.39 is 23.3 Å². The van der Waals surface area contributed by atoms with E-state index in [0.29, 0.717) is 17.3 Å². The maximum atomic E-state index is 13.5. The number of halogens is 4. The van der Waals surface area contributed by atoms with E-state index in [4.69, 9.17) is 11.6 Å². The number of benzene rings is 1. The van der Waals surface area contributed by atoms with Crippen LogP contribution in [-0.2, 0) is 6.18 Å². The number of nitrogens with one attached hydrogen (secondary N) is 3. The van der Waals surface area contributed by atoms with Crippen molar-refractivity contribution in [2.24, 2.45) is 5.92 Å². The zero-order valence-corrected chi connectivity index (χ0v) is 15.6. The number of nitrogens with zero attached hydrogens (tertiary/aromatic N) is 2. The SMILES string of the molecule is O=C(NCC1CCNCC1)c1cnc(Nc2cccc(Cl)c2)nc1C(F)(F)F. The van der Waals surface area contributed by atoms with Gasteiger partial charge in [0, 0.05) is 23.5 Å². The summed E-state index contributed by atoms with van der Waals surface area (Å²) in [4.78, 5) is 19.7.